The fourth-order valence-corrected chi connectivity index (χ4v) is 3.20. The van der Waals surface area contributed by atoms with Gasteiger partial charge in [0.15, 0.2) is 0 Å². The second-order valence-electron chi connectivity index (χ2n) is 5.28. The Hall–Kier alpha value is -0.280. The van der Waals surface area contributed by atoms with Crippen LogP contribution in [0.5, 0.6) is 0 Å². The van der Waals surface area contributed by atoms with Gasteiger partial charge in [-0.2, -0.15) is 0 Å². The number of carbonyl (C=O) groups is 1. The van der Waals surface area contributed by atoms with Gasteiger partial charge in [0.25, 0.3) is 0 Å². The molecule has 2 rings (SSSR count). The molecule has 1 saturated heterocycles. The molecule has 1 heterocycles. The number of ether oxygens (including phenoxy) is 1. The highest BCUT2D eigenvalue weighted by molar-refractivity contribution is 6.20. The SMILES string of the molecule is CC1OCCC1C(=O)NCC1CCCCC1Cl. The van der Waals surface area contributed by atoms with Crippen molar-refractivity contribution in [2.75, 3.05) is 13.2 Å². The minimum atomic E-state index is 0.0346. The molecule has 98 valence electrons. The number of alkyl halides is 1. The zero-order valence-corrected chi connectivity index (χ0v) is 11.2. The highest BCUT2D eigenvalue weighted by Gasteiger charge is 2.31. The van der Waals surface area contributed by atoms with Gasteiger partial charge in [0.05, 0.1) is 12.0 Å². The number of amides is 1. The number of hydrogen-bond donors (Lipinski definition) is 1. The van der Waals surface area contributed by atoms with Crippen molar-refractivity contribution in [1.29, 1.82) is 0 Å². The first-order valence-corrected chi connectivity index (χ1v) is 7.15. The average molecular weight is 260 g/mol. The third-order valence-electron chi connectivity index (χ3n) is 4.07. The molecule has 4 atom stereocenters. The summed E-state index contributed by atoms with van der Waals surface area (Å²) < 4.78 is 5.41. The zero-order chi connectivity index (χ0) is 12.3. The van der Waals surface area contributed by atoms with Crippen molar-refractivity contribution in [3.63, 3.8) is 0 Å². The van der Waals surface area contributed by atoms with E-state index in [2.05, 4.69) is 5.32 Å². The van der Waals surface area contributed by atoms with E-state index in [0.717, 1.165) is 25.8 Å². The Balaban J connectivity index is 1.75. The molecule has 0 aromatic carbocycles. The largest absolute Gasteiger partial charge is 0.378 e. The van der Waals surface area contributed by atoms with E-state index in [-0.39, 0.29) is 23.3 Å². The third-order valence-corrected chi connectivity index (χ3v) is 4.64. The Kier molecular flexibility index (Phi) is 4.69. The van der Waals surface area contributed by atoms with Gasteiger partial charge in [-0.15, -0.1) is 11.6 Å². The van der Waals surface area contributed by atoms with Crippen LogP contribution in [-0.2, 0) is 9.53 Å². The van der Waals surface area contributed by atoms with Crippen LogP contribution in [0.25, 0.3) is 0 Å². The number of nitrogens with one attached hydrogen (secondary N) is 1. The quantitative estimate of drug-likeness (QED) is 0.790. The van der Waals surface area contributed by atoms with E-state index >= 15 is 0 Å². The maximum absolute atomic E-state index is 12.0. The topological polar surface area (TPSA) is 38.3 Å². The summed E-state index contributed by atoms with van der Waals surface area (Å²) in [4.78, 5) is 12.0. The van der Waals surface area contributed by atoms with Crippen LogP contribution in [0.15, 0.2) is 0 Å². The summed E-state index contributed by atoms with van der Waals surface area (Å²) in [5, 5.41) is 3.29. The van der Waals surface area contributed by atoms with Crippen LogP contribution in [-0.4, -0.2) is 30.5 Å². The molecule has 2 aliphatic rings. The first-order valence-electron chi connectivity index (χ1n) is 6.72. The highest BCUT2D eigenvalue weighted by atomic mass is 35.5. The fourth-order valence-electron chi connectivity index (χ4n) is 2.83. The maximum atomic E-state index is 12.0. The molecule has 0 radical (unpaired) electrons. The number of rotatable bonds is 3. The minimum absolute atomic E-state index is 0.0346. The standard InChI is InChI=1S/C13H22ClNO2/c1-9-11(6-7-17-9)13(16)15-8-10-4-2-3-5-12(10)14/h9-12H,2-8H2,1H3,(H,15,16). The lowest BCUT2D eigenvalue weighted by Gasteiger charge is -2.27. The van der Waals surface area contributed by atoms with Gasteiger partial charge >= 0.3 is 0 Å². The van der Waals surface area contributed by atoms with Gasteiger partial charge in [-0.25, -0.2) is 0 Å². The van der Waals surface area contributed by atoms with Gasteiger partial charge in [-0.05, 0) is 32.1 Å². The lowest BCUT2D eigenvalue weighted by molar-refractivity contribution is -0.126. The summed E-state index contributed by atoms with van der Waals surface area (Å²) in [5.41, 5.74) is 0. The number of halogens is 1. The summed E-state index contributed by atoms with van der Waals surface area (Å²) in [6.45, 7) is 3.42. The molecule has 0 aromatic rings. The van der Waals surface area contributed by atoms with E-state index in [1.54, 1.807) is 0 Å². The predicted molar refractivity (Wildman–Crippen MR) is 68.1 cm³/mol. The lowest BCUT2D eigenvalue weighted by Crippen LogP contribution is -2.39. The van der Waals surface area contributed by atoms with Crippen LogP contribution in [0.4, 0.5) is 0 Å². The normalized spacial score (nSPS) is 38.0. The van der Waals surface area contributed by atoms with Crippen molar-refractivity contribution in [1.82, 2.24) is 5.32 Å². The Morgan fingerprint density at radius 1 is 1.35 bits per heavy atom. The Morgan fingerprint density at radius 3 is 2.76 bits per heavy atom. The number of carbonyl (C=O) groups excluding carboxylic acids is 1. The molecule has 4 heteroatoms. The zero-order valence-electron chi connectivity index (χ0n) is 10.5. The number of hydrogen-bond acceptors (Lipinski definition) is 2. The van der Waals surface area contributed by atoms with Crippen molar-refractivity contribution >= 4 is 17.5 Å². The van der Waals surface area contributed by atoms with Gasteiger partial charge in [-0.3, -0.25) is 4.79 Å². The summed E-state index contributed by atoms with van der Waals surface area (Å²) in [5.74, 6) is 0.629. The van der Waals surface area contributed by atoms with Gasteiger partial charge in [0.1, 0.15) is 0 Å². The van der Waals surface area contributed by atoms with Crippen molar-refractivity contribution < 1.29 is 9.53 Å². The van der Waals surface area contributed by atoms with Gasteiger partial charge < -0.3 is 10.1 Å². The van der Waals surface area contributed by atoms with Crippen molar-refractivity contribution in [2.45, 2.75) is 50.5 Å². The Bertz CT molecular complexity index is 272. The third kappa shape index (κ3) is 3.35. The molecule has 0 spiro atoms. The molecule has 1 amide bonds. The predicted octanol–water partition coefficient (Wildman–Crippen LogP) is 2.33. The van der Waals surface area contributed by atoms with Gasteiger partial charge in [-0.1, -0.05) is 12.8 Å². The molecule has 0 bridgehead atoms. The second-order valence-corrected chi connectivity index (χ2v) is 5.84. The summed E-state index contributed by atoms with van der Waals surface area (Å²) >= 11 is 6.28. The Labute approximate surface area is 108 Å². The van der Waals surface area contributed by atoms with Crippen molar-refractivity contribution in [3.8, 4) is 0 Å². The second kappa shape index (κ2) is 6.05. The summed E-state index contributed by atoms with van der Waals surface area (Å²) in [7, 11) is 0. The van der Waals surface area contributed by atoms with Crippen LogP contribution in [0.1, 0.15) is 39.0 Å². The molecular formula is C13H22ClNO2. The molecule has 1 N–H and O–H groups in total. The molecule has 1 aliphatic carbocycles. The molecule has 1 saturated carbocycles. The monoisotopic (exact) mass is 259 g/mol. The van der Waals surface area contributed by atoms with E-state index in [0.29, 0.717) is 12.5 Å². The van der Waals surface area contributed by atoms with E-state index in [1.807, 2.05) is 6.92 Å². The van der Waals surface area contributed by atoms with Crippen molar-refractivity contribution in [3.05, 3.63) is 0 Å². The first-order chi connectivity index (χ1) is 8.18. The van der Waals surface area contributed by atoms with Crippen molar-refractivity contribution in [2.24, 2.45) is 11.8 Å². The van der Waals surface area contributed by atoms with E-state index < -0.39 is 0 Å². The smallest absolute Gasteiger partial charge is 0.225 e. The summed E-state index contributed by atoms with van der Waals surface area (Å²) in [6, 6.07) is 0. The molecule has 3 nitrogen and oxygen atoms in total. The molecule has 1 aliphatic heterocycles. The molecule has 0 aromatic heterocycles. The van der Waals surface area contributed by atoms with E-state index in [1.165, 1.54) is 12.8 Å². The molecule has 17 heavy (non-hydrogen) atoms. The highest BCUT2D eigenvalue weighted by Crippen LogP contribution is 2.28. The van der Waals surface area contributed by atoms with E-state index in [4.69, 9.17) is 16.3 Å². The van der Waals surface area contributed by atoms with Crippen LogP contribution in [0.2, 0.25) is 0 Å². The lowest BCUT2D eigenvalue weighted by atomic mass is 9.88. The fraction of sp³-hybridized carbons (Fsp3) is 0.923. The van der Waals surface area contributed by atoms with Gasteiger partial charge in [0, 0.05) is 18.5 Å². The molecular weight excluding hydrogens is 238 g/mol. The maximum Gasteiger partial charge on any atom is 0.225 e. The average Bonchev–Trinajstić information content (AvgIpc) is 2.74. The minimum Gasteiger partial charge on any atom is -0.378 e. The molecule has 4 unspecified atom stereocenters. The van der Waals surface area contributed by atoms with Crippen LogP contribution >= 0.6 is 11.6 Å². The van der Waals surface area contributed by atoms with E-state index in [9.17, 15) is 4.79 Å². The van der Waals surface area contributed by atoms with Crippen LogP contribution < -0.4 is 5.32 Å². The summed E-state index contributed by atoms with van der Waals surface area (Å²) in [6.07, 6.45) is 5.62. The van der Waals surface area contributed by atoms with Crippen LogP contribution in [0.3, 0.4) is 0 Å². The van der Waals surface area contributed by atoms with Gasteiger partial charge in [0.2, 0.25) is 5.91 Å². The Morgan fingerprint density at radius 2 is 2.12 bits per heavy atom. The first kappa shape index (κ1) is 13.2. The van der Waals surface area contributed by atoms with Crippen LogP contribution in [0, 0.1) is 11.8 Å². The molecule has 2 fully saturated rings.